The molecule has 0 aliphatic rings. The molecule has 0 radical (unpaired) electrons. The van der Waals surface area contributed by atoms with Gasteiger partial charge in [-0.3, -0.25) is 4.79 Å². The Hall–Kier alpha value is -2.09. The van der Waals surface area contributed by atoms with Crippen molar-refractivity contribution in [3.05, 3.63) is 28.4 Å². The summed E-state index contributed by atoms with van der Waals surface area (Å²) in [7, 11) is 1.56. The molecule has 2 rings (SSSR count). The molecule has 2 heterocycles. The Kier molecular flexibility index (Phi) is 5.15. The number of methoxy groups -OCH3 is 1. The second-order valence-electron chi connectivity index (χ2n) is 4.28. The van der Waals surface area contributed by atoms with Crippen LogP contribution in [0.25, 0.3) is 0 Å². The first kappa shape index (κ1) is 15.3. The maximum absolute atomic E-state index is 11.5. The third-order valence-electron chi connectivity index (χ3n) is 2.56. The Bertz CT molecular complexity index is 674. The minimum absolute atomic E-state index is 0.192. The van der Waals surface area contributed by atoms with Crippen molar-refractivity contribution >= 4 is 17.6 Å². The van der Waals surface area contributed by atoms with E-state index < -0.39 is 0 Å². The molecule has 112 valence electrons. The van der Waals surface area contributed by atoms with Gasteiger partial charge in [-0.1, -0.05) is 6.92 Å². The van der Waals surface area contributed by atoms with E-state index in [4.69, 9.17) is 4.74 Å². The Balaban J connectivity index is 2.32. The molecule has 0 amide bonds. The van der Waals surface area contributed by atoms with Crippen molar-refractivity contribution in [2.45, 2.75) is 30.5 Å². The lowest BCUT2D eigenvalue weighted by Crippen LogP contribution is -2.09. The van der Waals surface area contributed by atoms with E-state index in [0.29, 0.717) is 27.4 Å². The van der Waals surface area contributed by atoms with Crippen molar-refractivity contribution in [2.75, 3.05) is 19.0 Å². The molecule has 0 aromatic carbocycles. The number of rotatable bonds is 6. The summed E-state index contributed by atoms with van der Waals surface area (Å²) in [6.45, 7) is 4.62. The SMILES string of the molecule is CCCNc1ncnc(Sc2nc(C)cc(=O)[nH]2)c1OC. The Morgan fingerprint density at radius 3 is 2.90 bits per heavy atom. The van der Waals surface area contributed by atoms with Crippen LogP contribution in [0.4, 0.5) is 5.82 Å². The van der Waals surface area contributed by atoms with Gasteiger partial charge in [0.05, 0.1) is 7.11 Å². The molecule has 0 saturated carbocycles. The Labute approximate surface area is 126 Å². The minimum atomic E-state index is -0.192. The fraction of sp³-hybridized carbons (Fsp3) is 0.385. The van der Waals surface area contributed by atoms with E-state index in [2.05, 4.69) is 32.2 Å². The molecule has 0 spiro atoms. The largest absolute Gasteiger partial charge is 0.490 e. The number of hydrogen-bond donors (Lipinski definition) is 2. The van der Waals surface area contributed by atoms with E-state index >= 15 is 0 Å². The van der Waals surface area contributed by atoms with Gasteiger partial charge in [0.1, 0.15) is 6.33 Å². The molecule has 0 unspecified atom stereocenters. The quantitative estimate of drug-likeness (QED) is 0.621. The highest BCUT2D eigenvalue weighted by Gasteiger charge is 2.14. The van der Waals surface area contributed by atoms with Crippen LogP contribution in [0.2, 0.25) is 0 Å². The number of nitrogens with one attached hydrogen (secondary N) is 2. The monoisotopic (exact) mass is 307 g/mol. The van der Waals surface area contributed by atoms with E-state index in [9.17, 15) is 4.79 Å². The van der Waals surface area contributed by atoms with Gasteiger partial charge in [-0.05, 0) is 25.1 Å². The standard InChI is InChI=1S/C13H17N5O2S/c1-4-5-14-11-10(20-3)12(16-7-15-11)21-13-17-8(2)6-9(19)18-13/h6-7H,4-5H2,1-3H3,(H,14,15,16)(H,17,18,19). The van der Waals surface area contributed by atoms with Gasteiger partial charge in [0.2, 0.25) is 0 Å². The summed E-state index contributed by atoms with van der Waals surface area (Å²) in [5.41, 5.74) is 0.459. The summed E-state index contributed by atoms with van der Waals surface area (Å²) in [6.07, 6.45) is 2.43. The molecule has 0 aliphatic carbocycles. The van der Waals surface area contributed by atoms with Crippen molar-refractivity contribution in [3.8, 4) is 5.75 Å². The van der Waals surface area contributed by atoms with E-state index in [1.165, 1.54) is 24.2 Å². The Morgan fingerprint density at radius 2 is 2.24 bits per heavy atom. The maximum atomic E-state index is 11.5. The van der Waals surface area contributed by atoms with E-state index in [1.54, 1.807) is 14.0 Å². The van der Waals surface area contributed by atoms with E-state index in [0.717, 1.165) is 13.0 Å². The average Bonchev–Trinajstić information content (AvgIpc) is 2.44. The molecular weight excluding hydrogens is 290 g/mol. The fourth-order valence-electron chi connectivity index (χ4n) is 1.68. The smallest absolute Gasteiger partial charge is 0.251 e. The molecule has 0 bridgehead atoms. The zero-order valence-corrected chi connectivity index (χ0v) is 13.0. The molecular formula is C13H17N5O2S. The van der Waals surface area contributed by atoms with Gasteiger partial charge in [-0.15, -0.1) is 0 Å². The molecule has 7 nitrogen and oxygen atoms in total. The first-order valence-electron chi connectivity index (χ1n) is 6.52. The zero-order chi connectivity index (χ0) is 15.2. The third kappa shape index (κ3) is 3.94. The van der Waals surface area contributed by atoms with Crippen LogP contribution in [0, 0.1) is 6.92 Å². The summed E-state index contributed by atoms with van der Waals surface area (Å²) in [4.78, 5) is 26.8. The summed E-state index contributed by atoms with van der Waals surface area (Å²) < 4.78 is 5.38. The van der Waals surface area contributed by atoms with Crippen molar-refractivity contribution < 1.29 is 4.74 Å². The van der Waals surface area contributed by atoms with Crippen LogP contribution >= 0.6 is 11.8 Å². The topological polar surface area (TPSA) is 92.8 Å². The van der Waals surface area contributed by atoms with Crippen LogP contribution in [0.1, 0.15) is 19.0 Å². The van der Waals surface area contributed by atoms with Gasteiger partial charge >= 0.3 is 0 Å². The normalized spacial score (nSPS) is 10.4. The number of hydrogen-bond acceptors (Lipinski definition) is 7. The zero-order valence-electron chi connectivity index (χ0n) is 12.1. The average molecular weight is 307 g/mol. The molecule has 0 fully saturated rings. The summed E-state index contributed by atoms with van der Waals surface area (Å²) in [5.74, 6) is 1.17. The third-order valence-corrected chi connectivity index (χ3v) is 3.43. The van der Waals surface area contributed by atoms with Crippen molar-refractivity contribution in [1.82, 2.24) is 19.9 Å². The van der Waals surface area contributed by atoms with E-state index in [1.807, 2.05) is 0 Å². The number of aromatic amines is 1. The minimum Gasteiger partial charge on any atom is -0.490 e. The fourth-order valence-corrected chi connectivity index (χ4v) is 2.57. The van der Waals surface area contributed by atoms with Crippen molar-refractivity contribution in [3.63, 3.8) is 0 Å². The molecule has 2 aromatic heterocycles. The van der Waals surface area contributed by atoms with Crippen LogP contribution < -0.4 is 15.6 Å². The molecule has 8 heteroatoms. The number of ether oxygens (including phenoxy) is 1. The van der Waals surface area contributed by atoms with Crippen LogP contribution in [0.15, 0.2) is 27.4 Å². The number of nitrogens with zero attached hydrogens (tertiary/aromatic N) is 3. The highest BCUT2D eigenvalue weighted by Crippen LogP contribution is 2.34. The molecule has 2 N–H and O–H groups in total. The molecule has 21 heavy (non-hydrogen) atoms. The predicted octanol–water partition coefficient (Wildman–Crippen LogP) is 1.85. The van der Waals surface area contributed by atoms with Crippen molar-refractivity contribution in [2.24, 2.45) is 0 Å². The summed E-state index contributed by atoms with van der Waals surface area (Å²) in [5, 5.41) is 4.25. The molecule has 0 aliphatic heterocycles. The lowest BCUT2D eigenvalue weighted by atomic mass is 10.4. The first-order valence-corrected chi connectivity index (χ1v) is 7.34. The maximum Gasteiger partial charge on any atom is 0.251 e. The van der Waals surface area contributed by atoms with Gasteiger partial charge in [0, 0.05) is 18.3 Å². The second-order valence-corrected chi connectivity index (χ2v) is 5.26. The summed E-state index contributed by atoms with van der Waals surface area (Å²) in [6, 6.07) is 1.44. The predicted molar refractivity (Wildman–Crippen MR) is 81.1 cm³/mol. The Morgan fingerprint density at radius 1 is 1.43 bits per heavy atom. The van der Waals surface area contributed by atoms with Crippen molar-refractivity contribution in [1.29, 1.82) is 0 Å². The molecule has 2 aromatic rings. The molecule has 0 saturated heterocycles. The van der Waals surface area contributed by atoms with Gasteiger partial charge in [0.25, 0.3) is 5.56 Å². The highest BCUT2D eigenvalue weighted by atomic mass is 32.2. The van der Waals surface area contributed by atoms with Crippen LogP contribution in [-0.4, -0.2) is 33.6 Å². The van der Waals surface area contributed by atoms with Crippen LogP contribution in [0.5, 0.6) is 5.75 Å². The number of anilines is 1. The van der Waals surface area contributed by atoms with Crippen LogP contribution in [0.3, 0.4) is 0 Å². The van der Waals surface area contributed by atoms with E-state index in [-0.39, 0.29) is 5.56 Å². The lowest BCUT2D eigenvalue weighted by molar-refractivity contribution is 0.400. The number of aryl methyl sites for hydroxylation is 1. The van der Waals surface area contributed by atoms with Crippen LogP contribution in [-0.2, 0) is 0 Å². The van der Waals surface area contributed by atoms with Gasteiger partial charge in [-0.25, -0.2) is 15.0 Å². The highest BCUT2D eigenvalue weighted by molar-refractivity contribution is 7.99. The number of H-pyrrole nitrogens is 1. The van der Waals surface area contributed by atoms with Gasteiger partial charge < -0.3 is 15.0 Å². The first-order chi connectivity index (χ1) is 10.1. The summed E-state index contributed by atoms with van der Waals surface area (Å²) >= 11 is 1.23. The second kappa shape index (κ2) is 7.07. The number of aromatic nitrogens is 4. The van der Waals surface area contributed by atoms with Gasteiger partial charge in [-0.2, -0.15) is 0 Å². The lowest BCUT2D eigenvalue weighted by Gasteiger charge is -2.11. The molecule has 0 atom stereocenters. The van der Waals surface area contributed by atoms with Gasteiger partial charge in [0.15, 0.2) is 21.7 Å².